The molecule has 1 atom stereocenters. The highest BCUT2D eigenvalue weighted by atomic mass is 16.5. The maximum Gasteiger partial charge on any atom is 0.137 e. The lowest BCUT2D eigenvalue weighted by Crippen LogP contribution is -2.37. The number of aliphatic hydroxyl groups is 1. The van der Waals surface area contributed by atoms with Crippen molar-refractivity contribution < 1.29 is 14.6 Å². The minimum Gasteiger partial charge on any atom is -0.492 e. The minimum absolute atomic E-state index is 0.564. The molecule has 0 saturated heterocycles. The summed E-state index contributed by atoms with van der Waals surface area (Å²) in [5.41, 5.74) is 0.171. The molecule has 0 aliphatic carbocycles. The lowest BCUT2D eigenvalue weighted by Gasteiger charge is -2.35. The minimum atomic E-state index is -0.704. The van der Waals surface area contributed by atoms with E-state index in [0.29, 0.717) is 12.4 Å². The van der Waals surface area contributed by atoms with Crippen molar-refractivity contribution in [3.63, 3.8) is 0 Å². The number of ether oxygens (including phenoxy) is 2. The van der Waals surface area contributed by atoms with E-state index < -0.39 is 11.7 Å². The van der Waals surface area contributed by atoms with E-state index in [0.717, 1.165) is 24.8 Å². The molecule has 1 unspecified atom stereocenters. The van der Waals surface area contributed by atoms with E-state index in [1.807, 2.05) is 19.9 Å². The van der Waals surface area contributed by atoms with Crippen LogP contribution in [0.1, 0.15) is 51.7 Å². The van der Waals surface area contributed by atoms with E-state index in [1.54, 1.807) is 19.5 Å². The third-order valence-electron chi connectivity index (χ3n) is 3.62. The van der Waals surface area contributed by atoms with Gasteiger partial charge in [-0.2, -0.15) is 0 Å². The van der Waals surface area contributed by atoms with Gasteiger partial charge in [-0.25, -0.2) is 0 Å². The first kappa shape index (κ1) is 15.9. The molecule has 1 aromatic heterocycles. The molecule has 0 radical (unpaired) electrons. The third kappa shape index (κ3) is 3.67. The van der Waals surface area contributed by atoms with Gasteiger partial charge in [-0.3, -0.25) is 4.98 Å². The highest BCUT2D eigenvalue weighted by molar-refractivity contribution is 5.27. The lowest BCUT2D eigenvalue weighted by molar-refractivity contribution is -0.110. The summed E-state index contributed by atoms with van der Waals surface area (Å²) < 4.78 is 11.1. The Bertz CT molecular complexity index is 369. The Hall–Kier alpha value is -1.13. The zero-order valence-electron chi connectivity index (χ0n) is 12.3. The fourth-order valence-corrected chi connectivity index (χ4v) is 2.22. The second-order valence-corrected chi connectivity index (χ2v) is 4.68. The molecule has 0 amide bonds. The van der Waals surface area contributed by atoms with E-state index in [9.17, 15) is 5.11 Å². The molecule has 1 rings (SSSR count). The molecule has 1 N–H and O–H groups in total. The summed E-state index contributed by atoms with van der Waals surface area (Å²) in [7, 11) is 1.64. The van der Waals surface area contributed by atoms with Gasteiger partial charge in [-0.05, 0) is 25.3 Å². The van der Waals surface area contributed by atoms with Crippen LogP contribution < -0.4 is 4.74 Å². The van der Waals surface area contributed by atoms with E-state index in [2.05, 4.69) is 11.9 Å². The second-order valence-electron chi connectivity index (χ2n) is 4.68. The van der Waals surface area contributed by atoms with Gasteiger partial charge in [0.05, 0.1) is 18.4 Å². The Morgan fingerprint density at radius 2 is 1.95 bits per heavy atom. The largest absolute Gasteiger partial charge is 0.492 e. The second kappa shape index (κ2) is 7.46. The topological polar surface area (TPSA) is 51.6 Å². The number of methoxy groups -OCH3 is 1. The number of hydrogen-bond acceptors (Lipinski definition) is 4. The molecule has 4 nitrogen and oxygen atoms in total. The fourth-order valence-electron chi connectivity index (χ4n) is 2.22. The molecule has 0 aliphatic heterocycles. The van der Waals surface area contributed by atoms with Crippen LogP contribution in [0.2, 0.25) is 0 Å². The molecule has 19 heavy (non-hydrogen) atoms. The van der Waals surface area contributed by atoms with Crippen LogP contribution in [-0.2, 0) is 4.74 Å². The molecule has 0 aromatic carbocycles. The van der Waals surface area contributed by atoms with Crippen LogP contribution in [0.3, 0.4) is 0 Å². The summed E-state index contributed by atoms with van der Waals surface area (Å²) in [6, 6.07) is 1.84. The molecule has 0 saturated carbocycles. The van der Waals surface area contributed by atoms with Crippen LogP contribution in [0.4, 0.5) is 0 Å². The van der Waals surface area contributed by atoms with Crippen molar-refractivity contribution in [2.45, 2.75) is 51.7 Å². The number of aromatic nitrogens is 1. The summed E-state index contributed by atoms with van der Waals surface area (Å²) in [5, 5.41) is 10.6. The number of nitrogens with zero attached hydrogens (tertiary/aromatic N) is 1. The van der Waals surface area contributed by atoms with Gasteiger partial charge in [0.25, 0.3) is 0 Å². The first-order chi connectivity index (χ1) is 9.13. The van der Waals surface area contributed by atoms with Gasteiger partial charge in [0.2, 0.25) is 0 Å². The predicted octanol–water partition coefficient (Wildman–Crippen LogP) is 3.11. The Balaban J connectivity index is 2.94. The molecule has 108 valence electrons. The standard InChI is InChI=1S/C15H25NO3/c1-5-8-19-13-9-12(10-16-11-13)14(17)15(6-2,7-3)18-4/h9-11,14,17H,5-8H2,1-4H3. The Kier molecular flexibility index (Phi) is 6.25. The van der Waals surface area contributed by atoms with Gasteiger partial charge >= 0.3 is 0 Å². The van der Waals surface area contributed by atoms with Crippen molar-refractivity contribution in [3.05, 3.63) is 24.0 Å². The van der Waals surface area contributed by atoms with Gasteiger partial charge < -0.3 is 14.6 Å². The summed E-state index contributed by atoms with van der Waals surface area (Å²) >= 11 is 0. The summed E-state index contributed by atoms with van der Waals surface area (Å²) in [6.07, 6.45) is 5.05. The summed E-state index contributed by atoms with van der Waals surface area (Å²) in [4.78, 5) is 4.13. The highest BCUT2D eigenvalue weighted by Gasteiger charge is 2.35. The average Bonchev–Trinajstić information content (AvgIpc) is 2.47. The van der Waals surface area contributed by atoms with Crippen LogP contribution in [0, 0.1) is 0 Å². The molecule has 1 heterocycles. The van der Waals surface area contributed by atoms with Crippen LogP contribution in [0.25, 0.3) is 0 Å². The number of hydrogen-bond donors (Lipinski definition) is 1. The van der Waals surface area contributed by atoms with Crippen molar-refractivity contribution in [2.24, 2.45) is 0 Å². The van der Waals surface area contributed by atoms with Crippen LogP contribution in [0.15, 0.2) is 18.5 Å². The normalized spacial score (nSPS) is 13.3. The van der Waals surface area contributed by atoms with Gasteiger partial charge in [0.15, 0.2) is 0 Å². The quantitative estimate of drug-likeness (QED) is 0.786. The maximum absolute atomic E-state index is 10.6. The van der Waals surface area contributed by atoms with Crippen molar-refractivity contribution >= 4 is 0 Å². The molecule has 1 aromatic rings. The highest BCUT2D eigenvalue weighted by Crippen LogP contribution is 2.35. The predicted molar refractivity (Wildman–Crippen MR) is 75.3 cm³/mol. The van der Waals surface area contributed by atoms with Gasteiger partial charge in [-0.1, -0.05) is 20.8 Å². The molecular weight excluding hydrogens is 242 g/mol. The fraction of sp³-hybridized carbons (Fsp3) is 0.667. The van der Waals surface area contributed by atoms with Crippen molar-refractivity contribution in [2.75, 3.05) is 13.7 Å². The van der Waals surface area contributed by atoms with E-state index >= 15 is 0 Å². The monoisotopic (exact) mass is 267 g/mol. The van der Waals surface area contributed by atoms with Gasteiger partial charge in [0, 0.05) is 18.9 Å². The summed E-state index contributed by atoms with van der Waals surface area (Å²) in [5.74, 6) is 0.690. The Labute approximate surface area is 115 Å². The lowest BCUT2D eigenvalue weighted by atomic mass is 9.86. The smallest absolute Gasteiger partial charge is 0.137 e. The zero-order valence-corrected chi connectivity index (χ0v) is 12.3. The van der Waals surface area contributed by atoms with E-state index in [1.165, 1.54) is 0 Å². The van der Waals surface area contributed by atoms with Gasteiger partial charge in [-0.15, -0.1) is 0 Å². The first-order valence-corrected chi connectivity index (χ1v) is 6.94. The number of aliphatic hydroxyl groups excluding tert-OH is 1. The van der Waals surface area contributed by atoms with E-state index in [-0.39, 0.29) is 0 Å². The van der Waals surface area contributed by atoms with Crippen LogP contribution in [0.5, 0.6) is 5.75 Å². The zero-order chi connectivity index (χ0) is 14.3. The number of pyridine rings is 1. The molecule has 0 spiro atoms. The third-order valence-corrected chi connectivity index (χ3v) is 3.62. The molecular formula is C15H25NO3. The molecule has 0 bridgehead atoms. The summed E-state index contributed by atoms with van der Waals surface area (Å²) in [6.45, 7) is 6.73. The number of rotatable bonds is 8. The average molecular weight is 267 g/mol. The first-order valence-electron chi connectivity index (χ1n) is 6.94. The van der Waals surface area contributed by atoms with Gasteiger partial charge in [0.1, 0.15) is 11.9 Å². The van der Waals surface area contributed by atoms with Crippen molar-refractivity contribution in [1.29, 1.82) is 0 Å². The van der Waals surface area contributed by atoms with Crippen molar-refractivity contribution in [1.82, 2.24) is 4.98 Å². The Morgan fingerprint density at radius 3 is 2.47 bits per heavy atom. The molecule has 0 aliphatic rings. The SMILES string of the molecule is CCCOc1cncc(C(O)C(CC)(CC)OC)c1. The molecule has 0 fully saturated rings. The molecule has 4 heteroatoms. The maximum atomic E-state index is 10.6. The van der Waals surface area contributed by atoms with Crippen molar-refractivity contribution in [3.8, 4) is 5.75 Å². The van der Waals surface area contributed by atoms with Crippen LogP contribution >= 0.6 is 0 Å². The Morgan fingerprint density at radius 1 is 1.26 bits per heavy atom. The van der Waals surface area contributed by atoms with E-state index in [4.69, 9.17) is 9.47 Å². The van der Waals surface area contributed by atoms with Crippen LogP contribution in [-0.4, -0.2) is 29.4 Å².